The molecule has 0 amide bonds. The van der Waals surface area contributed by atoms with Crippen molar-refractivity contribution in [3.05, 3.63) is 35.4 Å². The van der Waals surface area contributed by atoms with E-state index < -0.39 is 0 Å². The Balaban J connectivity index is 2.20. The minimum atomic E-state index is -0.271. The molecule has 0 aliphatic carbocycles. The Kier molecular flexibility index (Phi) is 10.2. The van der Waals surface area contributed by atoms with Crippen molar-refractivity contribution in [2.24, 2.45) is 0 Å². The molecule has 0 aliphatic heterocycles. The zero-order valence-corrected chi connectivity index (χ0v) is 14.1. The summed E-state index contributed by atoms with van der Waals surface area (Å²) >= 11 is 0. The third-order valence-corrected chi connectivity index (χ3v) is 4.26. The lowest BCUT2D eigenvalue weighted by Gasteiger charge is -2.15. The van der Waals surface area contributed by atoms with Gasteiger partial charge in [-0.1, -0.05) is 95.9 Å². The second-order valence-corrected chi connectivity index (χ2v) is 6.23. The van der Waals surface area contributed by atoms with Crippen LogP contribution in [-0.4, -0.2) is 5.11 Å². The zero-order valence-electron chi connectivity index (χ0n) is 14.1. The summed E-state index contributed by atoms with van der Waals surface area (Å²) in [7, 11) is 0. The summed E-state index contributed by atoms with van der Waals surface area (Å²) in [5.74, 6) is 0. The Morgan fingerprint density at radius 2 is 1.43 bits per heavy atom. The van der Waals surface area contributed by atoms with E-state index in [1.165, 1.54) is 50.5 Å². The zero-order chi connectivity index (χ0) is 15.3. The van der Waals surface area contributed by atoms with Crippen LogP contribution in [0.25, 0.3) is 0 Å². The van der Waals surface area contributed by atoms with Gasteiger partial charge in [0.2, 0.25) is 0 Å². The molecule has 0 aromatic heterocycles. The molecular formula is C20H34O. The Morgan fingerprint density at radius 1 is 0.810 bits per heavy atom. The molecule has 1 N–H and O–H groups in total. The van der Waals surface area contributed by atoms with E-state index in [9.17, 15) is 5.11 Å². The lowest BCUT2D eigenvalue weighted by Crippen LogP contribution is -2.02. The molecule has 120 valence electrons. The summed E-state index contributed by atoms with van der Waals surface area (Å²) in [6.07, 6.45) is 13.4. The summed E-state index contributed by atoms with van der Waals surface area (Å²) in [5, 5.41) is 10.4. The van der Waals surface area contributed by atoms with Crippen LogP contribution in [0.2, 0.25) is 0 Å². The van der Waals surface area contributed by atoms with Crippen molar-refractivity contribution in [3.63, 3.8) is 0 Å². The standard InChI is InChI=1S/C20H34O/c1-3-5-6-7-8-9-10-11-17-20(21)19-16-13-12-15-18(19)14-4-2/h12-13,15-16,20-21H,3-11,14,17H2,1-2H3. The Morgan fingerprint density at radius 3 is 2.10 bits per heavy atom. The van der Waals surface area contributed by atoms with Crippen molar-refractivity contribution >= 4 is 0 Å². The van der Waals surface area contributed by atoms with Crippen LogP contribution in [0.1, 0.15) is 95.3 Å². The summed E-state index contributed by atoms with van der Waals surface area (Å²) in [6, 6.07) is 8.39. The highest BCUT2D eigenvalue weighted by Crippen LogP contribution is 2.24. The molecule has 1 aromatic rings. The number of aliphatic hydroxyl groups excluding tert-OH is 1. The monoisotopic (exact) mass is 290 g/mol. The predicted molar refractivity (Wildman–Crippen MR) is 92.6 cm³/mol. The molecule has 0 aliphatic rings. The molecular weight excluding hydrogens is 256 g/mol. The first-order chi connectivity index (χ1) is 10.3. The van der Waals surface area contributed by atoms with Crippen molar-refractivity contribution < 1.29 is 5.11 Å². The first-order valence-electron chi connectivity index (χ1n) is 9.05. The third-order valence-electron chi connectivity index (χ3n) is 4.26. The molecule has 0 saturated heterocycles. The van der Waals surface area contributed by atoms with Gasteiger partial charge in [-0.05, 0) is 24.0 Å². The molecule has 0 fully saturated rings. The largest absolute Gasteiger partial charge is 0.388 e. The number of aryl methyl sites for hydroxylation is 1. The number of unbranched alkanes of at least 4 members (excludes halogenated alkanes) is 7. The molecule has 0 saturated carbocycles. The topological polar surface area (TPSA) is 20.2 Å². The van der Waals surface area contributed by atoms with E-state index in [0.717, 1.165) is 31.2 Å². The SMILES string of the molecule is CCCCCCCCCCC(O)c1ccccc1CCC. The van der Waals surface area contributed by atoms with E-state index in [0.29, 0.717) is 0 Å². The van der Waals surface area contributed by atoms with Crippen LogP contribution in [0.5, 0.6) is 0 Å². The van der Waals surface area contributed by atoms with Gasteiger partial charge >= 0.3 is 0 Å². The molecule has 1 heteroatoms. The Labute approximate surface area is 131 Å². The van der Waals surface area contributed by atoms with Crippen LogP contribution in [0, 0.1) is 0 Å². The maximum Gasteiger partial charge on any atom is 0.0792 e. The minimum Gasteiger partial charge on any atom is -0.388 e. The molecule has 0 radical (unpaired) electrons. The first-order valence-corrected chi connectivity index (χ1v) is 9.05. The summed E-state index contributed by atoms with van der Waals surface area (Å²) in [4.78, 5) is 0. The van der Waals surface area contributed by atoms with E-state index in [-0.39, 0.29) is 6.10 Å². The maximum absolute atomic E-state index is 10.4. The predicted octanol–water partition coefficient (Wildman–Crippen LogP) is 6.20. The molecule has 1 rings (SSSR count). The van der Waals surface area contributed by atoms with Crippen molar-refractivity contribution in [2.75, 3.05) is 0 Å². The minimum absolute atomic E-state index is 0.271. The summed E-state index contributed by atoms with van der Waals surface area (Å²) < 4.78 is 0. The summed E-state index contributed by atoms with van der Waals surface area (Å²) in [5.41, 5.74) is 2.48. The van der Waals surface area contributed by atoms with Crippen molar-refractivity contribution in [1.29, 1.82) is 0 Å². The molecule has 1 aromatic carbocycles. The summed E-state index contributed by atoms with van der Waals surface area (Å²) in [6.45, 7) is 4.46. The van der Waals surface area contributed by atoms with Gasteiger partial charge in [0.1, 0.15) is 0 Å². The fourth-order valence-corrected chi connectivity index (χ4v) is 2.98. The van der Waals surface area contributed by atoms with Gasteiger partial charge in [-0.3, -0.25) is 0 Å². The van der Waals surface area contributed by atoms with Gasteiger partial charge in [-0.2, -0.15) is 0 Å². The normalized spacial score (nSPS) is 12.5. The number of hydrogen-bond donors (Lipinski definition) is 1. The van der Waals surface area contributed by atoms with Crippen LogP contribution in [0.4, 0.5) is 0 Å². The molecule has 1 unspecified atom stereocenters. The van der Waals surface area contributed by atoms with Crippen LogP contribution >= 0.6 is 0 Å². The van der Waals surface area contributed by atoms with Gasteiger partial charge < -0.3 is 5.11 Å². The van der Waals surface area contributed by atoms with Crippen LogP contribution in [0.3, 0.4) is 0 Å². The molecule has 0 bridgehead atoms. The highest BCUT2D eigenvalue weighted by Gasteiger charge is 2.10. The fourth-order valence-electron chi connectivity index (χ4n) is 2.98. The van der Waals surface area contributed by atoms with Crippen molar-refractivity contribution in [2.45, 2.75) is 90.6 Å². The van der Waals surface area contributed by atoms with E-state index in [4.69, 9.17) is 0 Å². The van der Waals surface area contributed by atoms with Gasteiger partial charge in [0.25, 0.3) is 0 Å². The van der Waals surface area contributed by atoms with E-state index >= 15 is 0 Å². The van der Waals surface area contributed by atoms with Crippen LogP contribution in [-0.2, 0) is 6.42 Å². The van der Waals surface area contributed by atoms with Gasteiger partial charge in [0.05, 0.1) is 6.10 Å². The number of rotatable bonds is 12. The smallest absolute Gasteiger partial charge is 0.0792 e. The lowest BCUT2D eigenvalue weighted by molar-refractivity contribution is 0.162. The second kappa shape index (κ2) is 11.8. The average molecular weight is 290 g/mol. The van der Waals surface area contributed by atoms with Gasteiger partial charge in [-0.15, -0.1) is 0 Å². The molecule has 21 heavy (non-hydrogen) atoms. The number of benzene rings is 1. The molecule has 0 spiro atoms. The number of hydrogen-bond acceptors (Lipinski definition) is 1. The maximum atomic E-state index is 10.4. The fraction of sp³-hybridized carbons (Fsp3) is 0.700. The van der Waals surface area contributed by atoms with E-state index in [2.05, 4.69) is 32.0 Å². The quantitative estimate of drug-likeness (QED) is 0.454. The number of aliphatic hydroxyl groups is 1. The molecule has 0 heterocycles. The van der Waals surface area contributed by atoms with Crippen molar-refractivity contribution in [3.8, 4) is 0 Å². The first kappa shape index (κ1) is 18.2. The van der Waals surface area contributed by atoms with Gasteiger partial charge in [0.15, 0.2) is 0 Å². The third kappa shape index (κ3) is 7.66. The molecule has 1 atom stereocenters. The highest BCUT2D eigenvalue weighted by molar-refractivity contribution is 5.29. The molecule has 1 nitrogen and oxygen atoms in total. The van der Waals surface area contributed by atoms with Crippen molar-refractivity contribution in [1.82, 2.24) is 0 Å². The highest BCUT2D eigenvalue weighted by atomic mass is 16.3. The van der Waals surface area contributed by atoms with E-state index in [1.54, 1.807) is 0 Å². The van der Waals surface area contributed by atoms with Crippen LogP contribution < -0.4 is 0 Å². The Hall–Kier alpha value is -0.820. The average Bonchev–Trinajstić information content (AvgIpc) is 2.50. The van der Waals surface area contributed by atoms with Gasteiger partial charge in [-0.25, -0.2) is 0 Å². The second-order valence-electron chi connectivity index (χ2n) is 6.23. The van der Waals surface area contributed by atoms with Gasteiger partial charge in [0, 0.05) is 0 Å². The van der Waals surface area contributed by atoms with E-state index in [1.807, 2.05) is 6.07 Å². The van der Waals surface area contributed by atoms with Crippen LogP contribution in [0.15, 0.2) is 24.3 Å². The Bertz CT molecular complexity index is 359. The lowest BCUT2D eigenvalue weighted by atomic mass is 9.95.